The monoisotopic (exact) mass is 534 g/mol. The fourth-order valence-corrected chi connectivity index (χ4v) is 6.64. The lowest BCUT2D eigenvalue weighted by molar-refractivity contribution is 0.415. The fourth-order valence-electron chi connectivity index (χ4n) is 3.26. The van der Waals surface area contributed by atoms with Gasteiger partial charge in [0.15, 0.2) is 5.03 Å². The van der Waals surface area contributed by atoms with E-state index in [1.54, 1.807) is 54.6 Å². The van der Waals surface area contributed by atoms with Gasteiger partial charge in [-0.15, -0.1) is 0 Å². The number of hydrogen-bond donors (Lipinski definition) is 1. The SMILES string of the molecule is COc1ccc2c(c1)cc(S(=O)(=O)NCc1ccc(Br)cc1)n2S(=O)(=O)c1ccccc1. The first-order chi connectivity index (χ1) is 15.2. The Morgan fingerprint density at radius 3 is 2.25 bits per heavy atom. The zero-order chi connectivity index (χ0) is 22.9. The minimum atomic E-state index is -4.19. The highest BCUT2D eigenvalue weighted by molar-refractivity contribution is 9.10. The molecule has 0 amide bonds. The molecule has 0 bridgehead atoms. The van der Waals surface area contributed by atoms with Gasteiger partial charge in [-0.05, 0) is 54.1 Å². The first-order valence-electron chi connectivity index (χ1n) is 9.46. The molecule has 32 heavy (non-hydrogen) atoms. The van der Waals surface area contributed by atoms with Gasteiger partial charge in [0.25, 0.3) is 20.0 Å². The molecule has 0 spiro atoms. The highest BCUT2D eigenvalue weighted by atomic mass is 79.9. The van der Waals surface area contributed by atoms with Gasteiger partial charge in [0, 0.05) is 16.4 Å². The van der Waals surface area contributed by atoms with Gasteiger partial charge in [0.2, 0.25) is 0 Å². The molecule has 0 saturated heterocycles. The van der Waals surface area contributed by atoms with Crippen LogP contribution in [0.5, 0.6) is 5.75 Å². The summed E-state index contributed by atoms with van der Waals surface area (Å²) in [4.78, 5) is -0.0160. The van der Waals surface area contributed by atoms with E-state index in [9.17, 15) is 16.8 Å². The fraction of sp³-hybridized carbons (Fsp3) is 0.0909. The normalized spacial score (nSPS) is 12.2. The van der Waals surface area contributed by atoms with Gasteiger partial charge in [-0.2, -0.15) is 0 Å². The zero-order valence-electron chi connectivity index (χ0n) is 16.9. The molecule has 0 saturated carbocycles. The summed E-state index contributed by atoms with van der Waals surface area (Å²) >= 11 is 3.34. The molecule has 0 atom stereocenters. The van der Waals surface area contributed by atoms with Crippen LogP contribution in [0.1, 0.15) is 5.56 Å². The van der Waals surface area contributed by atoms with Crippen LogP contribution in [0.25, 0.3) is 10.9 Å². The number of rotatable bonds is 7. The van der Waals surface area contributed by atoms with Crippen molar-refractivity contribution in [3.05, 3.63) is 88.9 Å². The molecule has 1 aromatic heterocycles. The predicted octanol–water partition coefficient (Wildman–Crippen LogP) is 4.13. The second kappa shape index (κ2) is 8.70. The smallest absolute Gasteiger partial charge is 0.269 e. The van der Waals surface area contributed by atoms with E-state index in [0.717, 1.165) is 14.0 Å². The Labute approximate surface area is 194 Å². The maximum Gasteiger partial charge on any atom is 0.269 e. The predicted molar refractivity (Wildman–Crippen MR) is 126 cm³/mol. The van der Waals surface area contributed by atoms with Crippen LogP contribution in [0.4, 0.5) is 0 Å². The Bertz CT molecular complexity index is 1480. The average molecular weight is 535 g/mol. The molecule has 166 valence electrons. The van der Waals surface area contributed by atoms with Crippen molar-refractivity contribution in [3.8, 4) is 5.75 Å². The summed E-state index contributed by atoms with van der Waals surface area (Å²) in [6.07, 6.45) is 0. The quantitative estimate of drug-likeness (QED) is 0.384. The van der Waals surface area contributed by atoms with Crippen molar-refractivity contribution >= 4 is 46.9 Å². The second-order valence-corrected chi connectivity index (χ2v) is 11.4. The van der Waals surface area contributed by atoms with Crippen LogP contribution < -0.4 is 9.46 Å². The van der Waals surface area contributed by atoms with Crippen molar-refractivity contribution in [1.29, 1.82) is 0 Å². The molecule has 0 aliphatic rings. The van der Waals surface area contributed by atoms with Crippen LogP contribution in [0.2, 0.25) is 0 Å². The van der Waals surface area contributed by atoms with Crippen LogP contribution >= 0.6 is 15.9 Å². The number of methoxy groups -OCH3 is 1. The van der Waals surface area contributed by atoms with Crippen LogP contribution in [0, 0.1) is 0 Å². The van der Waals surface area contributed by atoms with E-state index < -0.39 is 20.0 Å². The Kier molecular flexibility index (Phi) is 6.13. The molecule has 1 N–H and O–H groups in total. The number of halogens is 1. The van der Waals surface area contributed by atoms with Gasteiger partial charge < -0.3 is 4.74 Å². The van der Waals surface area contributed by atoms with Gasteiger partial charge in [0.1, 0.15) is 5.75 Å². The number of sulfonamides is 1. The molecule has 4 aromatic rings. The zero-order valence-corrected chi connectivity index (χ0v) is 20.1. The summed E-state index contributed by atoms with van der Waals surface area (Å²) in [5, 5.41) is 0.0505. The van der Waals surface area contributed by atoms with E-state index in [1.807, 2.05) is 0 Å². The summed E-state index contributed by atoms with van der Waals surface area (Å²) < 4.78 is 62.9. The number of nitrogens with one attached hydrogen (secondary N) is 1. The summed E-state index contributed by atoms with van der Waals surface area (Å²) in [7, 11) is -6.90. The molecule has 0 unspecified atom stereocenters. The standard InChI is InChI=1S/C22H19BrN2O5S2/c1-30-19-11-12-21-17(13-19)14-22(25(21)32(28,29)20-5-3-2-4-6-20)31(26,27)24-15-16-7-9-18(23)10-8-16/h2-14,24H,15H2,1H3. The van der Waals surface area contributed by atoms with E-state index in [-0.39, 0.29) is 22.0 Å². The highest BCUT2D eigenvalue weighted by Gasteiger charge is 2.29. The lowest BCUT2D eigenvalue weighted by atomic mass is 10.2. The number of ether oxygens (including phenoxy) is 1. The molecule has 10 heteroatoms. The minimum Gasteiger partial charge on any atom is -0.497 e. The first-order valence-corrected chi connectivity index (χ1v) is 13.2. The Hall–Kier alpha value is -2.66. The number of aromatic nitrogens is 1. The van der Waals surface area contributed by atoms with Crippen molar-refractivity contribution < 1.29 is 21.6 Å². The Morgan fingerprint density at radius 2 is 1.59 bits per heavy atom. The van der Waals surface area contributed by atoms with E-state index in [2.05, 4.69) is 20.7 Å². The Morgan fingerprint density at radius 1 is 0.906 bits per heavy atom. The largest absolute Gasteiger partial charge is 0.497 e. The van der Waals surface area contributed by atoms with Crippen LogP contribution in [-0.2, 0) is 26.6 Å². The average Bonchev–Trinajstić information content (AvgIpc) is 3.20. The number of fused-ring (bicyclic) bond motifs is 1. The maximum absolute atomic E-state index is 13.5. The van der Waals surface area contributed by atoms with Crippen molar-refractivity contribution in [3.63, 3.8) is 0 Å². The van der Waals surface area contributed by atoms with Gasteiger partial charge in [-0.1, -0.05) is 46.3 Å². The number of hydrogen-bond acceptors (Lipinski definition) is 5. The molecular formula is C22H19BrN2O5S2. The topological polar surface area (TPSA) is 94.5 Å². The highest BCUT2D eigenvalue weighted by Crippen LogP contribution is 2.31. The molecule has 3 aromatic carbocycles. The number of benzene rings is 3. The van der Waals surface area contributed by atoms with Gasteiger partial charge in [-0.25, -0.2) is 25.5 Å². The minimum absolute atomic E-state index is 0.00580. The van der Waals surface area contributed by atoms with Crippen molar-refractivity contribution in [2.45, 2.75) is 16.5 Å². The van der Waals surface area contributed by atoms with E-state index in [1.165, 1.54) is 31.4 Å². The molecule has 0 aliphatic carbocycles. The third kappa shape index (κ3) is 4.31. The van der Waals surface area contributed by atoms with Crippen LogP contribution in [-0.4, -0.2) is 27.9 Å². The molecule has 1 heterocycles. The molecule has 0 aliphatic heterocycles. The first kappa shape index (κ1) is 22.5. The maximum atomic E-state index is 13.5. The molecule has 0 fully saturated rings. The van der Waals surface area contributed by atoms with Gasteiger partial charge in [-0.3, -0.25) is 0 Å². The summed E-state index contributed by atoms with van der Waals surface area (Å²) in [5.41, 5.74) is 0.964. The van der Waals surface area contributed by atoms with Crippen LogP contribution in [0.15, 0.2) is 93.3 Å². The van der Waals surface area contributed by atoms with Crippen molar-refractivity contribution in [1.82, 2.24) is 8.69 Å². The second-order valence-electron chi connectivity index (χ2n) is 6.94. The summed E-state index contributed by atoms with van der Waals surface area (Å²) in [5.74, 6) is 0.485. The van der Waals surface area contributed by atoms with Crippen molar-refractivity contribution in [2.75, 3.05) is 7.11 Å². The van der Waals surface area contributed by atoms with Crippen LogP contribution in [0.3, 0.4) is 0 Å². The third-order valence-corrected chi connectivity index (χ3v) is 8.63. The molecule has 0 radical (unpaired) electrons. The molecular weight excluding hydrogens is 516 g/mol. The van der Waals surface area contributed by atoms with Crippen molar-refractivity contribution in [2.24, 2.45) is 0 Å². The van der Waals surface area contributed by atoms with E-state index >= 15 is 0 Å². The summed E-state index contributed by atoms with van der Waals surface area (Å²) in [6.45, 7) is 0.00580. The van der Waals surface area contributed by atoms with Gasteiger partial charge >= 0.3 is 0 Å². The lowest BCUT2D eigenvalue weighted by Gasteiger charge is -2.13. The third-order valence-electron chi connectivity index (χ3n) is 4.87. The van der Waals surface area contributed by atoms with Gasteiger partial charge in [0.05, 0.1) is 17.5 Å². The Balaban J connectivity index is 1.86. The molecule has 7 nitrogen and oxygen atoms in total. The lowest BCUT2D eigenvalue weighted by Crippen LogP contribution is -2.27. The van der Waals surface area contributed by atoms with E-state index in [0.29, 0.717) is 11.1 Å². The van der Waals surface area contributed by atoms with E-state index in [4.69, 9.17) is 4.74 Å². The molecule has 4 rings (SSSR count). The summed E-state index contributed by atoms with van der Waals surface area (Å²) in [6, 6.07) is 20.9. The number of nitrogens with zero attached hydrogens (tertiary/aromatic N) is 1.